The highest BCUT2D eigenvalue weighted by Gasteiger charge is 2.33. The number of rotatable bonds is 5. The van der Waals surface area contributed by atoms with E-state index in [1.54, 1.807) is 0 Å². The number of hydrogen-bond acceptors (Lipinski definition) is 2. The second-order valence-corrected chi connectivity index (χ2v) is 8.28. The zero-order chi connectivity index (χ0) is 18.0. The average molecular weight is 363 g/mol. The molecule has 1 fully saturated rings. The number of sulfonamides is 1. The van der Waals surface area contributed by atoms with Crippen molar-refractivity contribution < 1.29 is 21.6 Å². The van der Waals surface area contributed by atoms with Gasteiger partial charge >= 0.3 is 6.18 Å². The third-order valence-corrected chi connectivity index (χ3v) is 6.95. The summed E-state index contributed by atoms with van der Waals surface area (Å²) in [6.07, 6.45) is -0.659. The maximum Gasteiger partial charge on any atom is 0.416 e. The van der Waals surface area contributed by atoms with E-state index in [1.165, 1.54) is 4.31 Å². The lowest BCUT2D eigenvalue weighted by Gasteiger charge is -2.35. The van der Waals surface area contributed by atoms with Crippen LogP contribution < -0.4 is 0 Å². The van der Waals surface area contributed by atoms with Crippen molar-refractivity contribution in [2.75, 3.05) is 13.1 Å². The minimum Gasteiger partial charge on any atom is -0.207 e. The van der Waals surface area contributed by atoms with Gasteiger partial charge in [-0.25, -0.2) is 8.42 Å². The molecule has 0 aromatic heterocycles. The quantitative estimate of drug-likeness (QED) is 0.770. The lowest BCUT2D eigenvalue weighted by Crippen LogP contribution is -2.40. The zero-order valence-electron chi connectivity index (χ0n) is 14.0. The van der Waals surface area contributed by atoms with Gasteiger partial charge in [-0.2, -0.15) is 17.5 Å². The van der Waals surface area contributed by atoms with Gasteiger partial charge in [-0.1, -0.05) is 26.7 Å². The highest BCUT2D eigenvalue weighted by molar-refractivity contribution is 7.89. The summed E-state index contributed by atoms with van der Waals surface area (Å²) >= 11 is 0. The summed E-state index contributed by atoms with van der Waals surface area (Å²) in [6, 6.07) is 3.74. The Morgan fingerprint density at radius 3 is 2.00 bits per heavy atom. The molecule has 1 heterocycles. The normalized spacial score (nSPS) is 18.2. The topological polar surface area (TPSA) is 37.4 Å². The molecule has 0 bridgehead atoms. The number of alkyl halides is 3. The van der Waals surface area contributed by atoms with Crippen molar-refractivity contribution in [2.24, 2.45) is 11.8 Å². The van der Waals surface area contributed by atoms with Gasteiger partial charge in [0.2, 0.25) is 10.0 Å². The maximum atomic E-state index is 12.6. The number of benzene rings is 1. The van der Waals surface area contributed by atoms with E-state index in [4.69, 9.17) is 0 Å². The van der Waals surface area contributed by atoms with Crippen LogP contribution in [0.2, 0.25) is 0 Å². The van der Waals surface area contributed by atoms with Crippen LogP contribution in [0.4, 0.5) is 13.2 Å². The first-order valence-electron chi connectivity index (χ1n) is 8.37. The van der Waals surface area contributed by atoms with E-state index in [2.05, 4.69) is 13.8 Å². The van der Waals surface area contributed by atoms with E-state index < -0.39 is 21.8 Å². The fourth-order valence-electron chi connectivity index (χ4n) is 3.51. The van der Waals surface area contributed by atoms with E-state index in [0.29, 0.717) is 24.9 Å². The molecule has 0 amide bonds. The molecule has 1 aliphatic heterocycles. The first-order chi connectivity index (χ1) is 11.2. The molecule has 1 aromatic carbocycles. The van der Waals surface area contributed by atoms with Gasteiger partial charge in [0, 0.05) is 13.1 Å². The molecule has 3 nitrogen and oxygen atoms in total. The third-order valence-electron chi connectivity index (χ3n) is 5.03. The monoisotopic (exact) mass is 363 g/mol. The summed E-state index contributed by atoms with van der Waals surface area (Å²) in [7, 11) is -3.72. The van der Waals surface area contributed by atoms with E-state index in [-0.39, 0.29) is 4.90 Å². The zero-order valence-corrected chi connectivity index (χ0v) is 14.8. The maximum absolute atomic E-state index is 12.6. The summed E-state index contributed by atoms with van der Waals surface area (Å²) in [6.45, 7) is 5.17. The molecule has 7 heteroatoms. The fourth-order valence-corrected chi connectivity index (χ4v) is 4.98. The Hall–Kier alpha value is -1.08. The molecular weight excluding hydrogens is 339 g/mol. The Morgan fingerprint density at radius 1 is 1.08 bits per heavy atom. The van der Waals surface area contributed by atoms with Gasteiger partial charge in [-0.15, -0.1) is 0 Å². The van der Waals surface area contributed by atoms with Gasteiger partial charge in [-0.05, 0) is 48.9 Å². The van der Waals surface area contributed by atoms with Crippen molar-refractivity contribution in [1.82, 2.24) is 4.31 Å². The number of hydrogen-bond donors (Lipinski definition) is 0. The van der Waals surface area contributed by atoms with Crippen molar-refractivity contribution in [2.45, 2.75) is 50.6 Å². The third kappa shape index (κ3) is 4.11. The molecule has 0 unspecified atom stereocenters. The molecule has 24 heavy (non-hydrogen) atoms. The Morgan fingerprint density at radius 2 is 1.58 bits per heavy atom. The van der Waals surface area contributed by atoms with Crippen LogP contribution in [0.15, 0.2) is 29.2 Å². The molecule has 0 atom stereocenters. The summed E-state index contributed by atoms with van der Waals surface area (Å²) in [4.78, 5) is -0.0727. The lowest BCUT2D eigenvalue weighted by molar-refractivity contribution is -0.137. The second kappa shape index (κ2) is 7.44. The molecule has 1 aliphatic rings. The minimum atomic E-state index is -4.46. The molecule has 136 valence electrons. The van der Waals surface area contributed by atoms with Crippen molar-refractivity contribution in [3.63, 3.8) is 0 Å². The standard InChI is InChI=1S/C17H24F3NO2S/c1-3-13(4-2)14-9-11-21(12-10-14)24(22,23)16-7-5-15(6-8-16)17(18,19)20/h5-8,13-14H,3-4,9-12H2,1-2H3. The van der Waals surface area contributed by atoms with Gasteiger partial charge in [0.25, 0.3) is 0 Å². The van der Waals surface area contributed by atoms with Gasteiger partial charge in [0.1, 0.15) is 0 Å². The lowest BCUT2D eigenvalue weighted by atomic mass is 9.82. The van der Waals surface area contributed by atoms with Gasteiger partial charge < -0.3 is 0 Å². The van der Waals surface area contributed by atoms with Crippen LogP contribution in [0.3, 0.4) is 0 Å². The van der Waals surface area contributed by atoms with Crippen LogP contribution in [-0.4, -0.2) is 25.8 Å². The van der Waals surface area contributed by atoms with Crippen LogP contribution >= 0.6 is 0 Å². The van der Waals surface area contributed by atoms with Crippen molar-refractivity contribution in [3.8, 4) is 0 Å². The Bertz CT molecular complexity index is 629. The smallest absolute Gasteiger partial charge is 0.207 e. The Balaban J connectivity index is 2.09. The SMILES string of the molecule is CCC(CC)C1CCN(S(=O)(=O)c2ccc(C(F)(F)F)cc2)CC1. The fraction of sp³-hybridized carbons (Fsp3) is 0.647. The largest absolute Gasteiger partial charge is 0.416 e. The molecule has 1 aromatic rings. The average Bonchev–Trinajstić information content (AvgIpc) is 2.56. The first kappa shape index (κ1) is 19.2. The summed E-state index contributed by atoms with van der Waals surface area (Å²) in [5, 5.41) is 0. The Labute approximate surface area is 141 Å². The number of halogens is 3. The molecule has 0 saturated carbocycles. The van der Waals surface area contributed by atoms with Crippen LogP contribution in [0, 0.1) is 11.8 Å². The number of piperidine rings is 1. The van der Waals surface area contributed by atoms with E-state index >= 15 is 0 Å². The van der Waals surface area contributed by atoms with Gasteiger partial charge in [0.05, 0.1) is 10.5 Å². The molecule has 2 rings (SSSR count). The highest BCUT2D eigenvalue weighted by atomic mass is 32.2. The minimum absolute atomic E-state index is 0.0727. The molecule has 0 spiro atoms. The van der Waals surface area contributed by atoms with Gasteiger partial charge in [-0.3, -0.25) is 0 Å². The summed E-state index contributed by atoms with van der Waals surface area (Å²) in [5.41, 5.74) is -0.839. The molecule has 0 radical (unpaired) electrons. The predicted octanol–water partition coefficient (Wildman–Crippen LogP) is 4.54. The van der Waals surface area contributed by atoms with Crippen molar-refractivity contribution in [3.05, 3.63) is 29.8 Å². The van der Waals surface area contributed by atoms with E-state index in [0.717, 1.165) is 49.9 Å². The van der Waals surface area contributed by atoms with Crippen molar-refractivity contribution in [1.29, 1.82) is 0 Å². The van der Waals surface area contributed by atoms with Crippen LogP contribution in [0.5, 0.6) is 0 Å². The second-order valence-electron chi connectivity index (χ2n) is 6.34. The predicted molar refractivity (Wildman–Crippen MR) is 87.0 cm³/mol. The molecular formula is C17H24F3NO2S. The van der Waals surface area contributed by atoms with E-state index in [1.807, 2.05) is 0 Å². The summed E-state index contributed by atoms with van der Waals surface area (Å²) < 4.78 is 64.4. The first-order valence-corrected chi connectivity index (χ1v) is 9.81. The Kier molecular flexibility index (Phi) is 5.96. The van der Waals surface area contributed by atoms with Crippen LogP contribution in [0.1, 0.15) is 45.1 Å². The molecule has 1 saturated heterocycles. The van der Waals surface area contributed by atoms with Crippen LogP contribution in [0.25, 0.3) is 0 Å². The van der Waals surface area contributed by atoms with E-state index in [9.17, 15) is 21.6 Å². The summed E-state index contributed by atoms with van der Waals surface area (Å²) in [5.74, 6) is 1.14. The number of nitrogens with zero attached hydrogens (tertiary/aromatic N) is 1. The van der Waals surface area contributed by atoms with Crippen molar-refractivity contribution >= 4 is 10.0 Å². The molecule has 0 aliphatic carbocycles. The van der Waals surface area contributed by atoms with Crippen LogP contribution in [-0.2, 0) is 16.2 Å². The highest BCUT2D eigenvalue weighted by Crippen LogP contribution is 2.33. The van der Waals surface area contributed by atoms with Gasteiger partial charge in [0.15, 0.2) is 0 Å². The molecule has 0 N–H and O–H groups in total.